The number of rotatable bonds is 7. The largest absolute Gasteiger partial charge is 0.436 e. The third-order valence-electron chi connectivity index (χ3n) is 11.3. The van der Waals surface area contributed by atoms with Crippen LogP contribution in [-0.2, 0) is 28.9 Å². The molecule has 6 aliphatic heterocycles. The van der Waals surface area contributed by atoms with E-state index in [1.165, 1.54) is 25.9 Å². The highest BCUT2D eigenvalue weighted by molar-refractivity contribution is 6.33. The van der Waals surface area contributed by atoms with Gasteiger partial charge in [0.05, 0.1) is 10.7 Å². The first-order valence-electron chi connectivity index (χ1n) is 17.7. The molecule has 3 N–H and O–H groups in total. The van der Waals surface area contributed by atoms with Crippen molar-refractivity contribution in [2.75, 3.05) is 70.0 Å². The summed E-state index contributed by atoms with van der Waals surface area (Å²) in [7, 11) is 0. The SMILES string of the molecule is CCc1cc(C[C@@H](OC(=O)N2CCC(N3Cc4ccccc4NC3=O)CC2)C(=O)N2CCN(C3CN4CCC3CC4)CC2)cc(Cl)c1N. The number of piperazine rings is 1. The quantitative estimate of drug-likeness (QED) is 0.421. The van der Waals surface area contributed by atoms with E-state index in [9.17, 15) is 14.4 Å². The Morgan fingerprint density at radius 2 is 1.71 bits per heavy atom. The number of hydrogen-bond acceptors (Lipinski definition) is 7. The second-order valence-electron chi connectivity index (χ2n) is 14.1. The van der Waals surface area contributed by atoms with Gasteiger partial charge in [-0.1, -0.05) is 42.8 Å². The van der Waals surface area contributed by atoms with Gasteiger partial charge < -0.3 is 35.4 Å². The minimum Gasteiger partial charge on any atom is -0.436 e. The summed E-state index contributed by atoms with van der Waals surface area (Å²) in [6.45, 7) is 9.89. The molecule has 2 bridgehead atoms. The minimum absolute atomic E-state index is 0.0108. The highest BCUT2D eigenvalue weighted by atomic mass is 35.5. The minimum atomic E-state index is -0.979. The highest BCUT2D eigenvalue weighted by Gasteiger charge is 2.40. The molecule has 0 aromatic heterocycles. The van der Waals surface area contributed by atoms with Gasteiger partial charge in [0.2, 0.25) is 0 Å². The van der Waals surface area contributed by atoms with E-state index in [2.05, 4.69) is 15.1 Å². The van der Waals surface area contributed by atoms with Crippen LogP contribution in [0.2, 0.25) is 5.02 Å². The van der Waals surface area contributed by atoms with Crippen LogP contribution in [0, 0.1) is 5.92 Å². The highest BCUT2D eigenvalue weighted by Crippen LogP contribution is 2.32. The number of benzene rings is 2. The van der Waals surface area contributed by atoms with Crippen molar-refractivity contribution in [2.45, 2.75) is 70.2 Å². The van der Waals surface area contributed by atoms with E-state index < -0.39 is 12.2 Å². The number of halogens is 1. The topological polar surface area (TPSA) is 115 Å². The van der Waals surface area contributed by atoms with Crippen LogP contribution in [0.25, 0.3) is 0 Å². The average Bonchev–Trinajstić information content (AvgIpc) is 3.12. The van der Waals surface area contributed by atoms with Crippen LogP contribution in [0.1, 0.15) is 49.3 Å². The van der Waals surface area contributed by atoms with Gasteiger partial charge >= 0.3 is 12.1 Å². The number of carbonyl (C=O) groups is 3. The molecule has 11 nitrogen and oxygen atoms in total. The van der Waals surface area contributed by atoms with E-state index in [-0.39, 0.29) is 24.4 Å². The fourth-order valence-corrected chi connectivity index (χ4v) is 8.70. The molecule has 8 rings (SSSR count). The van der Waals surface area contributed by atoms with Crippen LogP contribution >= 0.6 is 11.6 Å². The van der Waals surface area contributed by atoms with Gasteiger partial charge in [-0.15, -0.1) is 0 Å². The number of amides is 4. The summed E-state index contributed by atoms with van der Waals surface area (Å²) in [5, 5.41) is 3.44. The number of nitrogens with zero attached hydrogens (tertiary/aromatic N) is 5. The molecule has 6 aliphatic rings. The molecule has 4 amide bonds. The number of fused-ring (bicyclic) bond motifs is 4. The number of aryl methyl sites for hydroxylation is 1. The molecule has 48 heavy (non-hydrogen) atoms. The van der Waals surface area contributed by atoms with Crippen LogP contribution in [0.4, 0.5) is 21.0 Å². The number of nitrogens with two attached hydrogens (primary N) is 1. The third kappa shape index (κ3) is 6.82. The van der Waals surface area contributed by atoms with Gasteiger partial charge in [0.25, 0.3) is 5.91 Å². The molecular formula is C36H48ClN7O4. The normalized spacial score (nSPS) is 25.4. The third-order valence-corrected chi connectivity index (χ3v) is 11.6. The van der Waals surface area contributed by atoms with Crippen LogP contribution in [0.5, 0.6) is 0 Å². The zero-order valence-corrected chi connectivity index (χ0v) is 28.7. The van der Waals surface area contributed by atoms with Gasteiger partial charge in [-0.2, -0.15) is 0 Å². The number of likely N-dealkylation sites (tertiary alicyclic amines) is 1. The number of nitrogen functional groups attached to an aromatic ring is 1. The second-order valence-corrected chi connectivity index (χ2v) is 14.5. The molecule has 12 heteroatoms. The van der Waals surface area contributed by atoms with Crippen molar-refractivity contribution in [1.82, 2.24) is 24.5 Å². The van der Waals surface area contributed by atoms with E-state index in [0.29, 0.717) is 68.7 Å². The Bertz CT molecular complexity index is 1520. The van der Waals surface area contributed by atoms with Gasteiger partial charge in [-0.3, -0.25) is 9.69 Å². The Morgan fingerprint density at radius 1 is 0.979 bits per heavy atom. The first-order chi connectivity index (χ1) is 23.3. The molecule has 5 fully saturated rings. The predicted molar refractivity (Wildman–Crippen MR) is 186 cm³/mol. The first-order valence-corrected chi connectivity index (χ1v) is 18.1. The van der Waals surface area contributed by atoms with Crippen molar-refractivity contribution >= 4 is 41.0 Å². The molecular weight excluding hydrogens is 630 g/mol. The Morgan fingerprint density at radius 3 is 2.40 bits per heavy atom. The van der Waals surface area contributed by atoms with E-state index >= 15 is 0 Å². The summed E-state index contributed by atoms with van der Waals surface area (Å²) in [5.74, 6) is 0.583. The smallest absolute Gasteiger partial charge is 0.410 e. The van der Waals surface area contributed by atoms with E-state index in [4.69, 9.17) is 22.1 Å². The maximum absolute atomic E-state index is 14.1. The first kappa shape index (κ1) is 33.0. The molecule has 0 radical (unpaired) electrons. The number of para-hydroxylation sites is 1. The van der Waals surface area contributed by atoms with Crippen LogP contribution in [0.15, 0.2) is 36.4 Å². The van der Waals surface area contributed by atoms with Gasteiger partial charge in [0, 0.05) is 76.5 Å². The van der Waals surface area contributed by atoms with Crippen molar-refractivity contribution in [3.63, 3.8) is 0 Å². The van der Waals surface area contributed by atoms with Crippen molar-refractivity contribution in [3.8, 4) is 0 Å². The Hall–Kier alpha value is -3.54. The summed E-state index contributed by atoms with van der Waals surface area (Å²) >= 11 is 6.49. The molecule has 2 atom stereocenters. The number of carbonyl (C=O) groups excluding carboxylic acids is 3. The lowest BCUT2D eigenvalue weighted by Crippen LogP contribution is -2.62. The lowest BCUT2D eigenvalue weighted by Gasteiger charge is -2.51. The number of piperidine rings is 4. The number of nitrogens with one attached hydrogen (secondary N) is 1. The standard InChI is InChI=1S/C36H48ClN7O4/c1-2-25-19-24(20-29(37)33(25)38)21-32(34(45)42-17-15-41(16-18-42)31-23-40-11-7-26(31)8-12-40)48-36(47)43-13-9-28(10-14-43)44-22-27-5-3-4-6-30(27)39-35(44)46/h3-6,19-20,26,28,31-32H,2,7-18,21-23,38H2,1H3,(H,39,46)/t31?,32-/m1/s1. The number of urea groups is 1. The summed E-state index contributed by atoms with van der Waals surface area (Å²) in [5.41, 5.74) is 10.4. The van der Waals surface area contributed by atoms with Crippen molar-refractivity contribution in [3.05, 3.63) is 58.1 Å². The maximum Gasteiger partial charge on any atom is 0.410 e. The summed E-state index contributed by atoms with van der Waals surface area (Å²) < 4.78 is 6.09. The number of anilines is 2. The van der Waals surface area contributed by atoms with E-state index in [1.807, 2.05) is 47.1 Å². The summed E-state index contributed by atoms with van der Waals surface area (Å²) in [6.07, 6.45) is 3.26. The molecule has 6 heterocycles. The Labute approximate surface area is 288 Å². The molecule has 0 saturated carbocycles. The zero-order chi connectivity index (χ0) is 33.4. The molecule has 258 valence electrons. The molecule has 5 saturated heterocycles. The van der Waals surface area contributed by atoms with Crippen LogP contribution in [-0.4, -0.2) is 120 Å². The van der Waals surface area contributed by atoms with Gasteiger partial charge in [0.1, 0.15) is 0 Å². The number of ether oxygens (including phenoxy) is 1. The Kier molecular flexibility index (Phi) is 9.71. The summed E-state index contributed by atoms with van der Waals surface area (Å²) in [4.78, 5) is 51.2. The number of hydrogen-bond donors (Lipinski definition) is 2. The van der Waals surface area contributed by atoms with E-state index in [1.54, 1.807) is 11.0 Å². The predicted octanol–water partition coefficient (Wildman–Crippen LogP) is 4.28. The summed E-state index contributed by atoms with van der Waals surface area (Å²) in [6, 6.07) is 12.1. The van der Waals surface area contributed by atoms with Gasteiger partial charge in [-0.05, 0) is 79.9 Å². The lowest BCUT2D eigenvalue weighted by molar-refractivity contribution is -0.143. The molecule has 2 aromatic carbocycles. The van der Waals surface area contributed by atoms with Crippen LogP contribution < -0.4 is 11.1 Å². The molecule has 0 aliphatic carbocycles. The fourth-order valence-electron chi connectivity index (χ4n) is 8.44. The van der Waals surface area contributed by atoms with Crippen LogP contribution in [0.3, 0.4) is 0 Å². The van der Waals surface area contributed by atoms with E-state index in [0.717, 1.165) is 47.9 Å². The molecule has 0 spiro atoms. The fraction of sp³-hybridized carbons (Fsp3) is 0.583. The zero-order valence-electron chi connectivity index (χ0n) is 27.9. The van der Waals surface area contributed by atoms with Crippen molar-refractivity contribution < 1.29 is 19.1 Å². The molecule has 1 unspecified atom stereocenters. The monoisotopic (exact) mass is 677 g/mol. The van der Waals surface area contributed by atoms with Gasteiger partial charge in [0.15, 0.2) is 6.10 Å². The lowest BCUT2D eigenvalue weighted by atomic mass is 9.83. The molecule has 2 aromatic rings. The van der Waals surface area contributed by atoms with Crippen molar-refractivity contribution in [1.29, 1.82) is 0 Å². The Balaban J connectivity index is 1.00. The second kappa shape index (κ2) is 14.1. The average molecular weight is 678 g/mol. The van der Waals surface area contributed by atoms with Crippen molar-refractivity contribution in [2.24, 2.45) is 5.92 Å². The maximum atomic E-state index is 14.1. The van der Waals surface area contributed by atoms with Gasteiger partial charge in [-0.25, -0.2) is 9.59 Å².